The summed E-state index contributed by atoms with van der Waals surface area (Å²) in [6.45, 7) is 1.12. The number of para-hydroxylation sites is 1. The van der Waals surface area contributed by atoms with E-state index in [0.717, 1.165) is 33.4 Å². The number of piperidine rings is 1. The molecule has 0 aliphatic carbocycles. The van der Waals surface area contributed by atoms with Gasteiger partial charge in [-0.25, -0.2) is 4.98 Å². The van der Waals surface area contributed by atoms with E-state index in [2.05, 4.69) is 41.0 Å². The number of aromatic nitrogens is 2. The molecule has 1 fully saturated rings. The molecule has 0 spiro atoms. The van der Waals surface area contributed by atoms with E-state index < -0.39 is 0 Å². The molecule has 0 radical (unpaired) electrons. The number of rotatable bonds is 7. The topological polar surface area (TPSA) is 81.2 Å². The van der Waals surface area contributed by atoms with Gasteiger partial charge in [0.05, 0.1) is 17.1 Å². The zero-order chi connectivity index (χ0) is 24.9. The lowest BCUT2D eigenvalue weighted by Gasteiger charge is -2.30. The molecule has 0 saturated carbocycles. The zero-order valence-corrected chi connectivity index (χ0v) is 20.7. The highest BCUT2D eigenvalue weighted by atomic mass is 32.2. The maximum atomic E-state index is 13.1. The fraction of sp³-hybridized carbons (Fsp3) is 0.207. The molecule has 5 rings (SSSR count). The minimum Gasteiger partial charge on any atom is -0.369 e. The molecule has 7 heteroatoms. The highest BCUT2D eigenvalue weighted by Gasteiger charge is 2.27. The van der Waals surface area contributed by atoms with Gasteiger partial charge in [-0.3, -0.25) is 14.2 Å². The third-order valence-corrected chi connectivity index (χ3v) is 7.45. The summed E-state index contributed by atoms with van der Waals surface area (Å²) in [5, 5.41) is 0.763. The van der Waals surface area contributed by atoms with E-state index in [1.807, 2.05) is 59.5 Å². The van der Waals surface area contributed by atoms with Gasteiger partial charge in [0.25, 0.3) is 0 Å². The molecule has 3 aromatic carbocycles. The SMILES string of the molecule is NC(=O)C1CCN(C(=O)CSc2nc(-c3ccccc3)c(-c3ccccc3)n2-c2ccccc2)CC1. The second-order valence-electron chi connectivity index (χ2n) is 8.84. The average Bonchev–Trinajstić information content (AvgIpc) is 3.33. The normalized spacial score (nSPS) is 14.1. The van der Waals surface area contributed by atoms with Crippen LogP contribution >= 0.6 is 11.8 Å². The summed E-state index contributed by atoms with van der Waals surface area (Å²) >= 11 is 1.44. The highest BCUT2D eigenvalue weighted by Crippen LogP contribution is 2.38. The number of imidazole rings is 1. The molecular formula is C29H28N4O2S. The molecule has 1 aromatic heterocycles. The van der Waals surface area contributed by atoms with E-state index in [1.165, 1.54) is 11.8 Å². The number of nitrogens with zero attached hydrogens (tertiary/aromatic N) is 3. The summed E-state index contributed by atoms with van der Waals surface area (Å²) in [6, 6.07) is 30.5. The van der Waals surface area contributed by atoms with E-state index in [-0.39, 0.29) is 23.5 Å². The van der Waals surface area contributed by atoms with Gasteiger partial charge >= 0.3 is 0 Å². The molecule has 0 atom stereocenters. The molecule has 2 N–H and O–H groups in total. The summed E-state index contributed by atoms with van der Waals surface area (Å²) in [6.07, 6.45) is 1.25. The molecule has 36 heavy (non-hydrogen) atoms. The van der Waals surface area contributed by atoms with Crippen LogP contribution in [0.3, 0.4) is 0 Å². The fourth-order valence-electron chi connectivity index (χ4n) is 4.60. The predicted octanol–water partition coefficient (Wildman–Crippen LogP) is 5.02. The van der Waals surface area contributed by atoms with Gasteiger partial charge in [0, 0.05) is 35.8 Å². The van der Waals surface area contributed by atoms with Crippen molar-refractivity contribution in [1.82, 2.24) is 14.5 Å². The van der Waals surface area contributed by atoms with E-state index in [1.54, 1.807) is 0 Å². The Kier molecular flexibility index (Phi) is 7.18. The molecule has 2 amide bonds. The van der Waals surface area contributed by atoms with Crippen LogP contribution in [0.4, 0.5) is 0 Å². The quantitative estimate of drug-likeness (QED) is 0.364. The van der Waals surface area contributed by atoms with E-state index in [9.17, 15) is 9.59 Å². The fourth-order valence-corrected chi connectivity index (χ4v) is 5.52. The van der Waals surface area contributed by atoms with Gasteiger partial charge in [0.2, 0.25) is 11.8 Å². The van der Waals surface area contributed by atoms with Crippen molar-refractivity contribution in [3.05, 3.63) is 91.0 Å². The predicted molar refractivity (Wildman–Crippen MR) is 144 cm³/mol. The van der Waals surface area contributed by atoms with Crippen LogP contribution in [0.2, 0.25) is 0 Å². The Hall–Kier alpha value is -3.84. The maximum absolute atomic E-state index is 13.1. The first-order chi connectivity index (χ1) is 17.6. The Morgan fingerprint density at radius 1 is 0.833 bits per heavy atom. The van der Waals surface area contributed by atoms with Gasteiger partial charge in [0.15, 0.2) is 5.16 Å². The van der Waals surface area contributed by atoms with Crippen molar-refractivity contribution in [2.75, 3.05) is 18.8 Å². The Morgan fingerprint density at radius 2 is 1.39 bits per heavy atom. The number of primary amides is 1. The Balaban J connectivity index is 1.51. The molecule has 6 nitrogen and oxygen atoms in total. The van der Waals surface area contributed by atoms with Gasteiger partial charge in [-0.15, -0.1) is 0 Å². The molecule has 1 aliphatic rings. The highest BCUT2D eigenvalue weighted by molar-refractivity contribution is 7.99. The van der Waals surface area contributed by atoms with Gasteiger partial charge in [-0.2, -0.15) is 0 Å². The molecular weight excluding hydrogens is 468 g/mol. The lowest BCUT2D eigenvalue weighted by Crippen LogP contribution is -2.42. The summed E-state index contributed by atoms with van der Waals surface area (Å²) in [7, 11) is 0. The van der Waals surface area contributed by atoms with Gasteiger partial charge in [0.1, 0.15) is 0 Å². The number of amides is 2. The molecule has 1 saturated heterocycles. The number of likely N-dealkylation sites (tertiary alicyclic amines) is 1. The second kappa shape index (κ2) is 10.8. The number of benzene rings is 3. The second-order valence-corrected chi connectivity index (χ2v) is 9.78. The number of thioether (sulfide) groups is 1. The van der Waals surface area contributed by atoms with E-state index in [0.29, 0.717) is 25.9 Å². The van der Waals surface area contributed by atoms with Gasteiger partial charge in [-0.1, -0.05) is 90.6 Å². The third-order valence-electron chi connectivity index (χ3n) is 6.53. The van der Waals surface area contributed by atoms with Gasteiger partial charge in [-0.05, 0) is 25.0 Å². The van der Waals surface area contributed by atoms with Crippen LogP contribution < -0.4 is 5.73 Å². The Labute approximate surface area is 215 Å². The summed E-state index contributed by atoms with van der Waals surface area (Å²) < 4.78 is 2.15. The monoisotopic (exact) mass is 496 g/mol. The van der Waals surface area contributed by atoms with Crippen molar-refractivity contribution in [2.24, 2.45) is 11.7 Å². The van der Waals surface area contributed by atoms with Crippen LogP contribution in [-0.2, 0) is 9.59 Å². The Bertz CT molecular complexity index is 1330. The minimum absolute atomic E-state index is 0.0491. The number of nitrogens with two attached hydrogens (primary N) is 1. The van der Waals surface area contributed by atoms with Crippen molar-refractivity contribution >= 4 is 23.6 Å². The lowest BCUT2D eigenvalue weighted by molar-refractivity contribution is -0.132. The van der Waals surface area contributed by atoms with Crippen LogP contribution in [0.5, 0.6) is 0 Å². The van der Waals surface area contributed by atoms with Crippen LogP contribution in [0.25, 0.3) is 28.2 Å². The molecule has 182 valence electrons. The van der Waals surface area contributed by atoms with Crippen molar-refractivity contribution < 1.29 is 9.59 Å². The van der Waals surface area contributed by atoms with Crippen LogP contribution in [0.1, 0.15) is 12.8 Å². The molecule has 4 aromatic rings. The molecule has 0 unspecified atom stereocenters. The first-order valence-electron chi connectivity index (χ1n) is 12.1. The first kappa shape index (κ1) is 23.9. The summed E-state index contributed by atoms with van der Waals surface area (Å²) in [5.41, 5.74) is 10.4. The van der Waals surface area contributed by atoms with Crippen molar-refractivity contribution in [2.45, 2.75) is 18.0 Å². The maximum Gasteiger partial charge on any atom is 0.233 e. The van der Waals surface area contributed by atoms with Gasteiger partial charge < -0.3 is 10.6 Å². The van der Waals surface area contributed by atoms with Crippen LogP contribution in [-0.4, -0.2) is 45.1 Å². The zero-order valence-electron chi connectivity index (χ0n) is 19.9. The Morgan fingerprint density at radius 3 is 1.97 bits per heavy atom. The number of hydrogen-bond donors (Lipinski definition) is 1. The first-order valence-corrected chi connectivity index (χ1v) is 13.1. The number of carbonyl (C=O) groups is 2. The molecule has 1 aliphatic heterocycles. The van der Waals surface area contributed by atoms with Crippen LogP contribution in [0.15, 0.2) is 96.2 Å². The largest absolute Gasteiger partial charge is 0.369 e. The number of hydrogen-bond acceptors (Lipinski definition) is 4. The van der Waals surface area contributed by atoms with Crippen molar-refractivity contribution in [3.8, 4) is 28.2 Å². The minimum atomic E-state index is -0.275. The summed E-state index contributed by atoms with van der Waals surface area (Å²) in [4.78, 5) is 31.5. The standard InChI is InChI=1S/C29H28N4O2S/c30-28(35)23-16-18-32(19-17-23)25(34)20-36-29-31-26(21-10-4-1-5-11-21)27(22-12-6-2-7-13-22)33(29)24-14-8-3-9-15-24/h1-15,23H,16-20H2,(H2,30,35). The van der Waals surface area contributed by atoms with E-state index in [4.69, 9.17) is 10.7 Å². The molecule has 0 bridgehead atoms. The van der Waals surface area contributed by atoms with E-state index >= 15 is 0 Å². The average molecular weight is 497 g/mol. The molecule has 2 heterocycles. The smallest absolute Gasteiger partial charge is 0.233 e. The number of carbonyl (C=O) groups excluding carboxylic acids is 2. The summed E-state index contributed by atoms with van der Waals surface area (Å²) in [5.74, 6) is -0.0927. The van der Waals surface area contributed by atoms with Crippen LogP contribution in [0, 0.1) is 5.92 Å². The van der Waals surface area contributed by atoms with Crippen molar-refractivity contribution in [1.29, 1.82) is 0 Å². The van der Waals surface area contributed by atoms with Crippen molar-refractivity contribution in [3.63, 3.8) is 0 Å². The lowest BCUT2D eigenvalue weighted by atomic mass is 9.96. The third kappa shape index (κ3) is 5.06.